The highest BCUT2D eigenvalue weighted by Gasteiger charge is 2.49. The molecule has 2 aliphatic rings. The van der Waals surface area contributed by atoms with Gasteiger partial charge in [0.1, 0.15) is 17.2 Å². The van der Waals surface area contributed by atoms with Crippen LogP contribution in [-0.4, -0.2) is 31.9 Å². The van der Waals surface area contributed by atoms with E-state index >= 15 is 0 Å². The molecule has 2 aliphatic heterocycles. The number of urea groups is 1. The van der Waals surface area contributed by atoms with E-state index in [9.17, 15) is 9.59 Å². The molecule has 8 nitrogen and oxygen atoms in total. The quantitative estimate of drug-likeness (QED) is 0.576. The van der Waals surface area contributed by atoms with Crippen molar-refractivity contribution in [1.29, 1.82) is 0 Å². The third kappa shape index (κ3) is 3.77. The van der Waals surface area contributed by atoms with Crippen LogP contribution in [0.1, 0.15) is 35.3 Å². The van der Waals surface area contributed by atoms with Gasteiger partial charge in [-0.2, -0.15) is 0 Å². The Hall–Kier alpha value is -4.20. The molecule has 2 atom stereocenters. The van der Waals surface area contributed by atoms with Gasteiger partial charge in [0.05, 0.1) is 25.9 Å². The van der Waals surface area contributed by atoms with E-state index in [0.29, 0.717) is 34.9 Å². The average molecular weight is 460 g/mol. The normalized spacial score (nSPS) is 20.5. The predicted molar refractivity (Wildman–Crippen MR) is 128 cm³/mol. The number of carbonyl (C=O) groups is 2. The summed E-state index contributed by atoms with van der Waals surface area (Å²) < 4.78 is 16.9. The lowest BCUT2D eigenvalue weighted by molar-refractivity contribution is 0.0378. The predicted octanol–water partition coefficient (Wildman–Crippen LogP) is 4.73. The van der Waals surface area contributed by atoms with Crippen LogP contribution >= 0.6 is 0 Å². The van der Waals surface area contributed by atoms with Gasteiger partial charge in [0.25, 0.3) is 5.91 Å². The topological polar surface area (TPSA) is 89.1 Å². The molecule has 0 saturated carbocycles. The Labute approximate surface area is 197 Å². The molecule has 174 valence electrons. The summed E-state index contributed by atoms with van der Waals surface area (Å²) >= 11 is 0. The molecule has 2 bridgehead atoms. The molecular weight excluding hydrogens is 434 g/mol. The number of nitrogens with one attached hydrogen (secondary N) is 2. The first kappa shape index (κ1) is 21.6. The summed E-state index contributed by atoms with van der Waals surface area (Å²) in [6.07, 6.45) is 0.579. The van der Waals surface area contributed by atoms with Crippen LogP contribution in [0.2, 0.25) is 0 Å². The van der Waals surface area contributed by atoms with Gasteiger partial charge in [0.2, 0.25) is 0 Å². The van der Waals surface area contributed by atoms with E-state index in [0.717, 1.165) is 11.3 Å². The Balaban J connectivity index is 1.43. The van der Waals surface area contributed by atoms with E-state index in [1.807, 2.05) is 31.2 Å². The summed E-state index contributed by atoms with van der Waals surface area (Å²) in [5, 5.41) is 5.94. The van der Waals surface area contributed by atoms with Gasteiger partial charge in [-0.25, -0.2) is 4.79 Å². The van der Waals surface area contributed by atoms with E-state index in [2.05, 4.69) is 10.6 Å². The molecule has 3 aromatic rings. The number of fused-ring (bicyclic) bond motifs is 4. The van der Waals surface area contributed by atoms with E-state index in [4.69, 9.17) is 14.2 Å². The fourth-order valence-corrected chi connectivity index (χ4v) is 4.58. The number of para-hydroxylation sites is 1. The van der Waals surface area contributed by atoms with E-state index in [1.165, 1.54) is 0 Å². The molecule has 0 spiro atoms. The number of benzene rings is 3. The summed E-state index contributed by atoms with van der Waals surface area (Å²) in [6.45, 7) is 1.89. The number of nitrogens with zero attached hydrogens (tertiary/aromatic N) is 1. The molecule has 1 saturated heterocycles. The van der Waals surface area contributed by atoms with Crippen molar-refractivity contribution in [1.82, 2.24) is 5.32 Å². The number of carbonyl (C=O) groups excluding carboxylic acids is 2. The van der Waals surface area contributed by atoms with Crippen LogP contribution in [0.3, 0.4) is 0 Å². The average Bonchev–Trinajstić information content (AvgIpc) is 2.83. The van der Waals surface area contributed by atoms with Crippen LogP contribution in [0.5, 0.6) is 17.2 Å². The minimum atomic E-state index is -0.892. The number of amides is 3. The molecule has 3 aromatic carbocycles. The minimum absolute atomic E-state index is 0.131. The number of anilines is 2. The molecule has 2 heterocycles. The minimum Gasteiger partial charge on any atom is -0.497 e. The Kier molecular flexibility index (Phi) is 5.28. The van der Waals surface area contributed by atoms with Gasteiger partial charge in [0.15, 0.2) is 5.72 Å². The Morgan fingerprint density at radius 1 is 1.06 bits per heavy atom. The van der Waals surface area contributed by atoms with E-state index < -0.39 is 5.72 Å². The van der Waals surface area contributed by atoms with Gasteiger partial charge < -0.3 is 24.8 Å². The molecule has 0 aliphatic carbocycles. The van der Waals surface area contributed by atoms with Gasteiger partial charge >= 0.3 is 6.03 Å². The van der Waals surface area contributed by atoms with Crippen molar-refractivity contribution in [3.63, 3.8) is 0 Å². The van der Waals surface area contributed by atoms with E-state index in [1.54, 1.807) is 61.6 Å². The van der Waals surface area contributed by atoms with Crippen molar-refractivity contribution in [3.05, 3.63) is 77.9 Å². The number of hydrogen-bond acceptors (Lipinski definition) is 5. The van der Waals surface area contributed by atoms with Crippen molar-refractivity contribution >= 4 is 23.3 Å². The van der Waals surface area contributed by atoms with Crippen molar-refractivity contribution in [2.45, 2.75) is 25.1 Å². The fraction of sp³-hybridized carbons (Fsp3) is 0.231. The summed E-state index contributed by atoms with van der Waals surface area (Å²) in [6, 6.07) is 19.4. The maximum Gasteiger partial charge on any atom is 0.325 e. The summed E-state index contributed by atoms with van der Waals surface area (Å²) in [5.41, 5.74) is 1.57. The van der Waals surface area contributed by atoms with E-state index in [-0.39, 0.29) is 18.0 Å². The van der Waals surface area contributed by atoms with Gasteiger partial charge in [0, 0.05) is 41.4 Å². The highest BCUT2D eigenvalue weighted by molar-refractivity contribution is 6.06. The summed E-state index contributed by atoms with van der Waals surface area (Å²) in [4.78, 5) is 27.8. The van der Waals surface area contributed by atoms with Gasteiger partial charge in [-0.3, -0.25) is 9.69 Å². The highest BCUT2D eigenvalue weighted by Crippen LogP contribution is 2.45. The van der Waals surface area contributed by atoms with Gasteiger partial charge in [-0.1, -0.05) is 24.3 Å². The largest absolute Gasteiger partial charge is 0.497 e. The first-order valence-corrected chi connectivity index (χ1v) is 10.9. The summed E-state index contributed by atoms with van der Waals surface area (Å²) in [5.74, 6) is 1.54. The molecule has 2 unspecified atom stereocenters. The van der Waals surface area contributed by atoms with Crippen LogP contribution in [0.15, 0.2) is 66.7 Å². The van der Waals surface area contributed by atoms with Crippen LogP contribution in [0, 0.1) is 0 Å². The first-order chi connectivity index (χ1) is 16.4. The SMILES string of the molecule is COc1cc(NC(=O)c2cccc(N3C(=O)NC4CC3(C)Oc3ccccc34)c2)cc(OC)c1. The lowest BCUT2D eigenvalue weighted by Crippen LogP contribution is -2.65. The second kappa shape index (κ2) is 8.30. The van der Waals surface area contributed by atoms with Crippen molar-refractivity contribution < 1.29 is 23.8 Å². The van der Waals surface area contributed by atoms with Gasteiger partial charge in [-0.05, 0) is 31.2 Å². The second-order valence-electron chi connectivity index (χ2n) is 8.46. The number of rotatable bonds is 5. The smallest absolute Gasteiger partial charge is 0.325 e. The van der Waals surface area contributed by atoms with Crippen LogP contribution in [-0.2, 0) is 0 Å². The van der Waals surface area contributed by atoms with Crippen molar-refractivity contribution in [2.75, 3.05) is 24.4 Å². The number of methoxy groups -OCH3 is 2. The van der Waals surface area contributed by atoms with Crippen LogP contribution in [0.25, 0.3) is 0 Å². The lowest BCUT2D eigenvalue weighted by atomic mass is 9.90. The molecule has 34 heavy (non-hydrogen) atoms. The Morgan fingerprint density at radius 3 is 2.53 bits per heavy atom. The second-order valence-corrected chi connectivity index (χ2v) is 8.46. The molecule has 8 heteroatoms. The summed E-state index contributed by atoms with van der Waals surface area (Å²) in [7, 11) is 3.09. The zero-order valence-electron chi connectivity index (χ0n) is 19.1. The molecule has 3 amide bonds. The lowest BCUT2D eigenvalue weighted by Gasteiger charge is -2.50. The molecule has 2 N–H and O–H groups in total. The molecule has 0 aromatic heterocycles. The van der Waals surface area contributed by atoms with Crippen molar-refractivity contribution in [2.24, 2.45) is 0 Å². The molecular formula is C26H25N3O5. The third-order valence-electron chi connectivity index (χ3n) is 6.16. The zero-order chi connectivity index (χ0) is 23.9. The monoisotopic (exact) mass is 459 g/mol. The maximum absolute atomic E-state index is 13.1. The zero-order valence-corrected chi connectivity index (χ0v) is 19.1. The Morgan fingerprint density at radius 2 is 1.79 bits per heavy atom. The Bertz CT molecular complexity index is 1250. The number of hydrogen-bond donors (Lipinski definition) is 2. The van der Waals surface area contributed by atoms with Crippen molar-refractivity contribution in [3.8, 4) is 17.2 Å². The molecule has 0 radical (unpaired) electrons. The number of ether oxygens (including phenoxy) is 3. The highest BCUT2D eigenvalue weighted by atomic mass is 16.5. The van der Waals surface area contributed by atoms with Crippen LogP contribution in [0.4, 0.5) is 16.2 Å². The third-order valence-corrected chi connectivity index (χ3v) is 6.16. The first-order valence-electron chi connectivity index (χ1n) is 10.9. The maximum atomic E-state index is 13.1. The van der Waals surface area contributed by atoms with Crippen LogP contribution < -0.4 is 29.7 Å². The standard InChI is InChI=1S/C26H25N3O5/c1-26-15-22(21-9-4-5-10-23(21)34-26)28-25(31)29(26)18-8-6-7-16(11-18)24(30)27-17-12-19(32-2)14-20(13-17)33-3/h4-14,22H,15H2,1-3H3,(H,27,30)(H,28,31). The fourth-order valence-electron chi connectivity index (χ4n) is 4.58. The molecule has 5 rings (SSSR count). The van der Waals surface area contributed by atoms with Gasteiger partial charge in [-0.15, -0.1) is 0 Å². The molecule has 1 fully saturated rings.